The third-order valence-corrected chi connectivity index (χ3v) is 6.14. The van der Waals surface area contributed by atoms with Gasteiger partial charge in [0, 0.05) is 48.3 Å². The minimum absolute atomic E-state index is 0.421. The lowest BCUT2D eigenvalue weighted by atomic mass is 10.1. The average Bonchev–Trinajstić information content (AvgIpc) is 3.41. The predicted molar refractivity (Wildman–Crippen MR) is 127 cm³/mol. The molecule has 1 aliphatic heterocycles. The molecule has 4 aromatic rings. The number of pyridine rings is 2. The van der Waals surface area contributed by atoms with Crippen molar-refractivity contribution in [1.29, 1.82) is 0 Å². The summed E-state index contributed by atoms with van der Waals surface area (Å²) < 4.78 is 7.94. The summed E-state index contributed by atoms with van der Waals surface area (Å²) in [5.74, 6) is 1.50. The van der Waals surface area contributed by atoms with Crippen LogP contribution in [0.25, 0.3) is 22.2 Å². The number of ether oxygens (including phenoxy) is 1. The van der Waals surface area contributed by atoms with Crippen molar-refractivity contribution in [1.82, 2.24) is 24.6 Å². The molecule has 1 saturated heterocycles. The van der Waals surface area contributed by atoms with Crippen molar-refractivity contribution in [2.45, 2.75) is 25.4 Å². The molecule has 7 heteroatoms. The highest BCUT2D eigenvalue weighted by Gasteiger charge is 2.26. The van der Waals surface area contributed by atoms with Gasteiger partial charge in [-0.25, -0.2) is 0 Å². The first-order valence-corrected chi connectivity index (χ1v) is 11.1. The molecular weight excluding hydrogens is 422 g/mol. The molecule has 0 aliphatic carbocycles. The zero-order valence-electron chi connectivity index (χ0n) is 17.7. The van der Waals surface area contributed by atoms with Crippen LogP contribution in [0.15, 0.2) is 73.8 Å². The number of fused-ring (bicyclic) bond motifs is 1. The summed E-state index contributed by atoms with van der Waals surface area (Å²) >= 11 is 6.58. The van der Waals surface area contributed by atoms with Gasteiger partial charge in [-0.2, -0.15) is 5.10 Å². The highest BCUT2D eigenvalue weighted by atomic mass is 35.5. The standard InChI is InChI=1S/C25H24ClN5O/c1-2-13-30-14-3-4-19(30)17-31-25-22(15-28-16-23(25)26)24(29-31)18-5-7-20(8-6-18)32-21-9-11-27-12-10-21/h2,5-12,15-16,19H,1,3-4,13-14,17H2/t19-/m0/s1. The van der Waals surface area contributed by atoms with Crippen LogP contribution < -0.4 is 4.74 Å². The summed E-state index contributed by atoms with van der Waals surface area (Å²) in [6, 6.07) is 12.0. The van der Waals surface area contributed by atoms with Gasteiger partial charge in [0.05, 0.1) is 17.1 Å². The number of benzene rings is 1. The monoisotopic (exact) mass is 445 g/mol. The van der Waals surface area contributed by atoms with E-state index in [1.807, 2.05) is 53.4 Å². The Bertz CT molecular complexity index is 1220. The normalized spacial score (nSPS) is 16.5. The molecule has 1 fully saturated rings. The second-order valence-corrected chi connectivity index (χ2v) is 8.34. The van der Waals surface area contributed by atoms with Gasteiger partial charge in [0.25, 0.3) is 0 Å². The number of nitrogens with zero attached hydrogens (tertiary/aromatic N) is 5. The molecule has 0 unspecified atom stereocenters. The van der Waals surface area contributed by atoms with Crippen molar-refractivity contribution in [2.75, 3.05) is 13.1 Å². The van der Waals surface area contributed by atoms with Crippen LogP contribution in [0.2, 0.25) is 5.02 Å². The van der Waals surface area contributed by atoms with Gasteiger partial charge in [-0.05, 0) is 55.8 Å². The number of rotatable bonds is 7. The lowest BCUT2D eigenvalue weighted by Gasteiger charge is -2.23. The van der Waals surface area contributed by atoms with E-state index in [1.54, 1.807) is 18.6 Å². The molecule has 162 valence electrons. The highest BCUT2D eigenvalue weighted by Crippen LogP contribution is 2.33. The predicted octanol–water partition coefficient (Wildman–Crippen LogP) is 5.59. The summed E-state index contributed by atoms with van der Waals surface area (Å²) in [6.45, 7) is 6.68. The maximum absolute atomic E-state index is 6.58. The van der Waals surface area contributed by atoms with Gasteiger partial charge in [0.15, 0.2) is 0 Å². The molecule has 0 amide bonds. The van der Waals surface area contributed by atoms with Gasteiger partial charge in [0.2, 0.25) is 0 Å². The van der Waals surface area contributed by atoms with Crippen LogP contribution in [0.1, 0.15) is 12.8 Å². The summed E-state index contributed by atoms with van der Waals surface area (Å²) in [4.78, 5) is 10.8. The van der Waals surface area contributed by atoms with E-state index in [0.717, 1.165) is 59.7 Å². The summed E-state index contributed by atoms with van der Waals surface area (Å²) in [5.41, 5.74) is 2.80. The molecule has 4 heterocycles. The van der Waals surface area contributed by atoms with Crippen LogP contribution in [0.5, 0.6) is 11.5 Å². The Hall–Kier alpha value is -3.22. The number of halogens is 1. The van der Waals surface area contributed by atoms with Gasteiger partial charge in [0.1, 0.15) is 17.2 Å². The van der Waals surface area contributed by atoms with Crippen LogP contribution in [0.3, 0.4) is 0 Å². The zero-order chi connectivity index (χ0) is 21.9. The average molecular weight is 446 g/mol. The maximum Gasteiger partial charge on any atom is 0.130 e. The van der Waals surface area contributed by atoms with Crippen LogP contribution in [-0.2, 0) is 6.54 Å². The Kier molecular flexibility index (Phi) is 5.88. The van der Waals surface area contributed by atoms with Gasteiger partial charge in [-0.3, -0.25) is 19.5 Å². The summed E-state index contributed by atoms with van der Waals surface area (Å²) in [6.07, 6.45) is 11.3. The topological polar surface area (TPSA) is 56.1 Å². The van der Waals surface area contributed by atoms with Gasteiger partial charge in [-0.1, -0.05) is 17.7 Å². The van der Waals surface area contributed by atoms with Crippen molar-refractivity contribution in [2.24, 2.45) is 0 Å². The summed E-state index contributed by atoms with van der Waals surface area (Å²) in [5, 5.41) is 6.55. The number of likely N-dealkylation sites (tertiary alicyclic amines) is 1. The van der Waals surface area contributed by atoms with Gasteiger partial charge < -0.3 is 4.74 Å². The first kappa shape index (κ1) is 20.7. The fourth-order valence-electron chi connectivity index (χ4n) is 4.36. The Morgan fingerprint density at radius 1 is 1.06 bits per heavy atom. The van der Waals surface area contributed by atoms with Crippen molar-refractivity contribution in [3.8, 4) is 22.8 Å². The molecule has 0 spiro atoms. The first-order valence-electron chi connectivity index (χ1n) is 10.8. The van der Waals surface area contributed by atoms with E-state index in [4.69, 9.17) is 21.4 Å². The van der Waals surface area contributed by atoms with E-state index < -0.39 is 0 Å². The zero-order valence-corrected chi connectivity index (χ0v) is 18.4. The number of aromatic nitrogens is 4. The third-order valence-electron chi connectivity index (χ3n) is 5.87. The van der Waals surface area contributed by atoms with Crippen LogP contribution in [-0.4, -0.2) is 43.8 Å². The maximum atomic E-state index is 6.58. The minimum Gasteiger partial charge on any atom is -0.457 e. The second-order valence-electron chi connectivity index (χ2n) is 7.94. The molecule has 0 bridgehead atoms. The summed E-state index contributed by atoms with van der Waals surface area (Å²) in [7, 11) is 0. The lowest BCUT2D eigenvalue weighted by Crippen LogP contribution is -2.33. The van der Waals surface area contributed by atoms with E-state index in [2.05, 4.69) is 21.4 Å². The van der Waals surface area contributed by atoms with Crippen molar-refractivity contribution in [3.05, 3.63) is 78.9 Å². The lowest BCUT2D eigenvalue weighted by molar-refractivity contribution is 0.252. The molecule has 32 heavy (non-hydrogen) atoms. The molecule has 0 N–H and O–H groups in total. The molecule has 5 rings (SSSR count). The Labute approximate surface area is 192 Å². The Morgan fingerprint density at radius 3 is 2.62 bits per heavy atom. The fraction of sp³-hybridized carbons (Fsp3) is 0.240. The van der Waals surface area contributed by atoms with Crippen molar-refractivity contribution < 1.29 is 4.74 Å². The molecule has 1 aliphatic rings. The van der Waals surface area contributed by atoms with Crippen molar-refractivity contribution >= 4 is 22.5 Å². The third kappa shape index (κ3) is 4.11. The molecule has 6 nitrogen and oxygen atoms in total. The van der Waals surface area contributed by atoms with Crippen LogP contribution in [0, 0.1) is 0 Å². The molecule has 0 radical (unpaired) electrons. The Balaban J connectivity index is 1.47. The molecule has 0 saturated carbocycles. The molecule has 1 atom stereocenters. The molecular formula is C25H24ClN5O. The van der Waals surface area contributed by atoms with E-state index in [9.17, 15) is 0 Å². The minimum atomic E-state index is 0.421. The number of hydrogen-bond acceptors (Lipinski definition) is 5. The molecule has 1 aromatic carbocycles. The SMILES string of the molecule is C=CCN1CCC[C@H]1Cn1nc(-c2ccc(Oc3ccncc3)cc2)c2cncc(Cl)c21. The van der Waals surface area contributed by atoms with Crippen LogP contribution >= 0.6 is 11.6 Å². The number of hydrogen-bond donors (Lipinski definition) is 0. The molecule has 3 aromatic heterocycles. The van der Waals surface area contributed by atoms with Crippen molar-refractivity contribution in [3.63, 3.8) is 0 Å². The second kappa shape index (κ2) is 9.10. The Morgan fingerprint density at radius 2 is 1.84 bits per heavy atom. The smallest absolute Gasteiger partial charge is 0.130 e. The van der Waals surface area contributed by atoms with E-state index >= 15 is 0 Å². The van der Waals surface area contributed by atoms with E-state index in [1.165, 1.54) is 6.42 Å². The largest absolute Gasteiger partial charge is 0.457 e. The van der Waals surface area contributed by atoms with E-state index in [0.29, 0.717) is 11.1 Å². The first-order chi connectivity index (χ1) is 15.7. The van der Waals surface area contributed by atoms with Gasteiger partial charge in [-0.15, -0.1) is 6.58 Å². The van der Waals surface area contributed by atoms with Gasteiger partial charge >= 0.3 is 0 Å². The quantitative estimate of drug-likeness (QED) is 0.347. The fourth-order valence-corrected chi connectivity index (χ4v) is 4.62. The van der Waals surface area contributed by atoms with Crippen LogP contribution in [0.4, 0.5) is 0 Å². The highest BCUT2D eigenvalue weighted by molar-refractivity contribution is 6.35. The van der Waals surface area contributed by atoms with E-state index in [-0.39, 0.29) is 0 Å².